The molecule has 0 aliphatic heterocycles. The maximum absolute atomic E-state index is 11.1. The topological polar surface area (TPSA) is 66.3 Å². The van der Waals surface area contributed by atoms with Gasteiger partial charge in [-0.25, -0.2) is 4.79 Å². The molecule has 1 aromatic heterocycles. The van der Waals surface area contributed by atoms with Crippen LogP contribution in [0.3, 0.4) is 0 Å². The highest BCUT2D eigenvalue weighted by molar-refractivity contribution is 6.30. The van der Waals surface area contributed by atoms with Crippen molar-refractivity contribution in [1.29, 1.82) is 0 Å². The van der Waals surface area contributed by atoms with Gasteiger partial charge in [0.2, 0.25) is 0 Å². The number of carboxylic acid groups (broad SMARTS) is 1. The minimum atomic E-state index is -1.03. The first-order chi connectivity index (χ1) is 9.08. The molecule has 0 saturated heterocycles. The molecule has 1 aromatic carbocycles. The summed E-state index contributed by atoms with van der Waals surface area (Å²) in [6, 6.07) is 8.81. The van der Waals surface area contributed by atoms with Crippen LogP contribution in [0.2, 0.25) is 5.02 Å². The van der Waals surface area contributed by atoms with Gasteiger partial charge in [-0.05, 0) is 23.8 Å². The number of aromatic carboxylic acids is 1. The summed E-state index contributed by atoms with van der Waals surface area (Å²) in [7, 11) is 1.76. The van der Waals surface area contributed by atoms with Crippen LogP contribution in [0, 0.1) is 0 Å². The van der Waals surface area contributed by atoms with Gasteiger partial charge in [0.05, 0.1) is 6.20 Å². The SMILES string of the molecule is CN(Cc1cccc(Cl)c1)c1nnccc1C(=O)O. The van der Waals surface area contributed by atoms with Gasteiger partial charge in [0.25, 0.3) is 0 Å². The summed E-state index contributed by atoms with van der Waals surface area (Å²) in [5.74, 6) is -0.696. The molecule has 0 radical (unpaired) electrons. The van der Waals surface area contributed by atoms with Crippen molar-refractivity contribution in [3.8, 4) is 0 Å². The van der Waals surface area contributed by atoms with Crippen molar-refractivity contribution in [3.05, 3.63) is 52.7 Å². The second kappa shape index (κ2) is 5.67. The molecule has 98 valence electrons. The van der Waals surface area contributed by atoms with E-state index in [2.05, 4.69) is 10.2 Å². The molecule has 0 atom stereocenters. The zero-order chi connectivity index (χ0) is 13.8. The van der Waals surface area contributed by atoms with Crippen LogP contribution in [0.15, 0.2) is 36.5 Å². The fourth-order valence-electron chi connectivity index (χ4n) is 1.76. The summed E-state index contributed by atoms with van der Waals surface area (Å²) in [5.41, 5.74) is 1.09. The van der Waals surface area contributed by atoms with E-state index in [0.717, 1.165) is 5.56 Å². The van der Waals surface area contributed by atoms with Gasteiger partial charge in [0.1, 0.15) is 5.56 Å². The molecule has 1 heterocycles. The maximum atomic E-state index is 11.1. The lowest BCUT2D eigenvalue weighted by atomic mass is 10.2. The quantitative estimate of drug-likeness (QED) is 0.930. The highest BCUT2D eigenvalue weighted by atomic mass is 35.5. The summed E-state index contributed by atoms with van der Waals surface area (Å²) < 4.78 is 0. The molecular weight excluding hydrogens is 266 g/mol. The number of aromatic nitrogens is 2. The van der Waals surface area contributed by atoms with Gasteiger partial charge in [-0.1, -0.05) is 23.7 Å². The molecule has 0 aliphatic rings. The minimum Gasteiger partial charge on any atom is -0.478 e. The summed E-state index contributed by atoms with van der Waals surface area (Å²) in [6.45, 7) is 0.500. The van der Waals surface area contributed by atoms with Crippen molar-refractivity contribution < 1.29 is 9.90 Å². The number of carboxylic acids is 1. The van der Waals surface area contributed by atoms with Crippen LogP contribution >= 0.6 is 11.6 Å². The molecule has 0 saturated carbocycles. The standard InChI is InChI=1S/C13H12ClN3O2/c1-17(8-9-3-2-4-10(14)7-9)12-11(13(18)19)5-6-15-16-12/h2-7H,8H2,1H3,(H,18,19). The fourth-order valence-corrected chi connectivity index (χ4v) is 1.97. The molecule has 0 bridgehead atoms. The first-order valence-corrected chi connectivity index (χ1v) is 5.96. The first-order valence-electron chi connectivity index (χ1n) is 5.58. The van der Waals surface area contributed by atoms with Crippen molar-refractivity contribution in [2.75, 3.05) is 11.9 Å². The number of hydrogen-bond donors (Lipinski definition) is 1. The highest BCUT2D eigenvalue weighted by Crippen LogP contribution is 2.18. The van der Waals surface area contributed by atoms with Crippen LogP contribution in [0.4, 0.5) is 5.82 Å². The molecule has 0 fully saturated rings. The Kier molecular flexibility index (Phi) is 3.97. The van der Waals surface area contributed by atoms with Crippen LogP contribution in [0.1, 0.15) is 15.9 Å². The van der Waals surface area contributed by atoms with Gasteiger partial charge in [0.15, 0.2) is 5.82 Å². The third-order valence-electron chi connectivity index (χ3n) is 2.60. The Morgan fingerprint density at radius 2 is 2.21 bits per heavy atom. The molecule has 6 heteroatoms. The molecule has 0 spiro atoms. The Hall–Kier alpha value is -2.14. The fraction of sp³-hybridized carbons (Fsp3) is 0.154. The monoisotopic (exact) mass is 277 g/mol. The number of halogens is 1. The Balaban J connectivity index is 2.25. The number of benzene rings is 1. The molecule has 0 amide bonds. The Labute approximate surface area is 115 Å². The van der Waals surface area contributed by atoms with Crippen molar-refractivity contribution in [2.45, 2.75) is 6.54 Å². The van der Waals surface area contributed by atoms with Crippen molar-refractivity contribution >= 4 is 23.4 Å². The number of carbonyl (C=O) groups is 1. The largest absolute Gasteiger partial charge is 0.478 e. The molecule has 2 rings (SSSR count). The zero-order valence-electron chi connectivity index (χ0n) is 10.2. The average molecular weight is 278 g/mol. The van der Waals surface area contributed by atoms with E-state index in [1.165, 1.54) is 12.3 Å². The van der Waals surface area contributed by atoms with E-state index in [4.69, 9.17) is 16.7 Å². The van der Waals surface area contributed by atoms with E-state index in [0.29, 0.717) is 17.4 Å². The van der Waals surface area contributed by atoms with Crippen LogP contribution in [-0.4, -0.2) is 28.3 Å². The van der Waals surface area contributed by atoms with Crippen LogP contribution < -0.4 is 4.90 Å². The second-order valence-electron chi connectivity index (χ2n) is 4.06. The number of rotatable bonds is 4. The number of hydrogen-bond acceptors (Lipinski definition) is 4. The van der Waals surface area contributed by atoms with E-state index < -0.39 is 5.97 Å². The van der Waals surface area contributed by atoms with Crippen LogP contribution in [0.5, 0.6) is 0 Å². The van der Waals surface area contributed by atoms with Crippen LogP contribution in [-0.2, 0) is 6.54 Å². The molecule has 19 heavy (non-hydrogen) atoms. The predicted molar refractivity (Wildman–Crippen MR) is 72.6 cm³/mol. The Morgan fingerprint density at radius 3 is 2.89 bits per heavy atom. The van der Waals surface area contributed by atoms with Gasteiger partial charge in [-0.2, -0.15) is 5.10 Å². The van der Waals surface area contributed by atoms with E-state index in [1.54, 1.807) is 18.0 Å². The molecule has 1 N–H and O–H groups in total. The van der Waals surface area contributed by atoms with Gasteiger partial charge in [-0.3, -0.25) is 0 Å². The lowest BCUT2D eigenvalue weighted by Crippen LogP contribution is -2.21. The van der Waals surface area contributed by atoms with Gasteiger partial charge >= 0.3 is 5.97 Å². The smallest absolute Gasteiger partial charge is 0.339 e. The van der Waals surface area contributed by atoms with Crippen LogP contribution in [0.25, 0.3) is 0 Å². The predicted octanol–water partition coefficient (Wildman–Crippen LogP) is 2.46. The molecule has 2 aromatic rings. The van der Waals surface area contributed by atoms with Crippen molar-refractivity contribution in [1.82, 2.24) is 10.2 Å². The van der Waals surface area contributed by atoms with Gasteiger partial charge < -0.3 is 10.0 Å². The number of anilines is 1. The van der Waals surface area contributed by atoms with E-state index in [9.17, 15) is 4.79 Å². The summed E-state index contributed by atoms with van der Waals surface area (Å²) in [4.78, 5) is 12.8. The lowest BCUT2D eigenvalue weighted by molar-refractivity contribution is 0.0697. The van der Waals surface area contributed by atoms with E-state index in [-0.39, 0.29) is 5.56 Å². The Morgan fingerprint density at radius 1 is 1.42 bits per heavy atom. The molecular formula is C13H12ClN3O2. The molecule has 0 aliphatic carbocycles. The summed E-state index contributed by atoms with van der Waals surface area (Å²) in [6.07, 6.45) is 1.36. The minimum absolute atomic E-state index is 0.125. The van der Waals surface area contributed by atoms with Gasteiger partial charge in [0, 0.05) is 18.6 Å². The second-order valence-corrected chi connectivity index (χ2v) is 4.50. The zero-order valence-corrected chi connectivity index (χ0v) is 11.0. The van der Waals surface area contributed by atoms with E-state index >= 15 is 0 Å². The lowest BCUT2D eigenvalue weighted by Gasteiger charge is -2.19. The van der Waals surface area contributed by atoms with E-state index in [1.807, 2.05) is 18.2 Å². The first kappa shape index (κ1) is 13.3. The summed E-state index contributed by atoms with van der Waals surface area (Å²) >= 11 is 5.92. The maximum Gasteiger partial charge on any atom is 0.339 e. The van der Waals surface area contributed by atoms with Gasteiger partial charge in [-0.15, -0.1) is 5.10 Å². The Bertz CT molecular complexity index is 604. The summed E-state index contributed by atoms with van der Waals surface area (Å²) in [5, 5.41) is 17.4. The van der Waals surface area contributed by atoms with Crippen molar-refractivity contribution in [2.24, 2.45) is 0 Å². The third kappa shape index (κ3) is 3.20. The number of nitrogens with zero attached hydrogens (tertiary/aromatic N) is 3. The molecule has 0 unspecified atom stereocenters. The highest BCUT2D eigenvalue weighted by Gasteiger charge is 2.15. The normalized spacial score (nSPS) is 10.2. The average Bonchev–Trinajstić information content (AvgIpc) is 2.38. The third-order valence-corrected chi connectivity index (χ3v) is 2.84. The molecule has 5 nitrogen and oxygen atoms in total. The van der Waals surface area contributed by atoms with Crippen molar-refractivity contribution in [3.63, 3.8) is 0 Å².